The summed E-state index contributed by atoms with van der Waals surface area (Å²) in [5.41, 5.74) is 6.31. The van der Waals surface area contributed by atoms with Crippen LogP contribution < -0.4 is 4.74 Å². The number of pyridine rings is 3. The van der Waals surface area contributed by atoms with Gasteiger partial charge in [-0.15, -0.1) is 0 Å². The zero-order valence-electron chi connectivity index (χ0n) is 21.6. The first kappa shape index (κ1) is 24.2. The molecule has 1 fully saturated rings. The molecule has 9 nitrogen and oxygen atoms in total. The first-order valence-electron chi connectivity index (χ1n) is 13.2. The molecule has 0 spiro atoms. The Labute approximate surface area is 228 Å². The Hall–Kier alpha value is -4.83. The van der Waals surface area contributed by atoms with Gasteiger partial charge >= 0.3 is 0 Å². The Balaban J connectivity index is 1.23. The number of H-pyrrole nitrogens is 2. The molecule has 40 heavy (non-hydrogen) atoms. The zero-order chi connectivity index (χ0) is 27.1. The van der Waals surface area contributed by atoms with E-state index in [4.69, 9.17) is 9.72 Å². The van der Waals surface area contributed by atoms with Crippen molar-refractivity contribution in [3.63, 3.8) is 0 Å². The van der Waals surface area contributed by atoms with Crippen LogP contribution in [0, 0.1) is 5.82 Å². The standard InChI is InChI=1S/C30H26FN7O2/c31-20-11-18(13-22(14-20)40-10-9-38-7-1-2-8-38)23-5-6-33-30-24(23)15-27(35-30)29-28-26(36-37-29)4-3-25(34-28)19-12-21(39)17-32-16-19/h3-6,11-17,39H,1-2,7-10H2,(H,33,35)(H,36,37). The molecular formula is C30H26FN7O2. The van der Waals surface area contributed by atoms with Gasteiger partial charge in [0.1, 0.15) is 40.8 Å². The lowest BCUT2D eigenvalue weighted by molar-refractivity contribution is 0.237. The van der Waals surface area contributed by atoms with Crippen LogP contribution in [0.1, 0.15) is 12.8 Å². The number of likely N-dealkylation sites (tertiary alicyclic amines) is 1. The van der Waals surface area contributed by atoms with Crippen molar-refractivity contribution in [2.45, 2.75) is 12.8 Å². The average Bonchev–Trinajstić information content (AvgIpc) is 3.72. The minimum absolute atomic E-state index is 0.0681. The highest BCUT2D eigenvalue weighted by molar-refractivity contribution is 5.99. The molecule has 6 aromatic rings. The molecule has 1 aliphatic rings. The van der Waals surface area contributed by atoms with Gasteiger partial charge in [0, 0.05) is 36.0 Å². The van der Waals surface area contributed by atoms with Crippen molar-refractivity contribution in [3.05, 3.63) is 72.9 Å². The van der Waals surface area contributed by atoms with Crippen molar-refractivity contribution in [2.24, 2.45) is 0 Å². The Kier molecular flexibility index (Phi) is 6.09. The predicted octanol–water partition coefficient (Wildman–Crippen LogP) is 5.55. The summed E-state index contributed by atoms with van der Waals surface area (Å²) in [4.78, 5) is 19.1. The summed E-state index contributed by atoms with van der Waals surface area (Å²) >= 11 is 0. The molecule has 1 aliphatic heterocycles. The molecule has 1 saturated heterocycles. The number of nitrogens with zero attached hydrogens (tertiary/aromatic N) is 5. The highest BCUT2D eigenvalue weighted by atomic mass is 19.1. The number of nitrogens with one attached hydrogen (secondary N) is 2. The molecular weight excluding hydrogens is 509 g/mol. The van der Waals surface area contributed by atoms with E-state index < -0.39 is 0 Å². The number of hydrogen-bond donors (Lipinski definition) is 3. The molecule has 0 amide bonds. The van der Waals surface area contributed by atoms with Crippen molar-refractivity contribution < 1.29 is 14.2 Å². The molecule has 6 heterocycles. The molecule has 7 rings (SSSR count). The van der Waals surface area contributed by atoms with E-state index in [0.29, 0.717) is 46.0 Å². The van der Waals surface area contributed by atoms with Crippen molar-refractivity contribution >= 4 is 22.1 Å². The monoisotopic (exact) mass is 535 g/mol. The summed E-state index contributed by atoms with van der Waals surface area (Å²) in [5.74, 6) is 0.218. The fourth-order valence-electron chi connectivity index (χ4n) is 5.32. The minimum Gasteiger partial charge on any atom is -0.506 e. The molecule has 0 unspecified atom stereocenters. The normalized spacial score (nSPS) is 13.9. The second-order valence-electron chi connectivity index (χ2n) is 9.97. The summed E-state index contributed by atoms with van der Waals surface area (Å²) in [7, 11) is 0. The number of aromatic nitrogens is 6. The Morgan fingerprint density at radius 3 is 2.77 bits per heavy atom. The first-order chi connectivity index (χ1) is 19.6. The third kappa shape index (κ3) is 4.62. The van der Waals surface area contributed by atoms with E-state index in [1.165, 1.54) is 31.2 Å². The third-order valence-electron chi connectivity index (χ3n) is 7.27. The van der Waals surface area contributed by atoms with Crippen LogP contribution in [0.2, 0.25) is 0 Å². The number of aromatic hydroxyl groups is 1. The third-order valence-corrected chi connectivity index (χ3v) is 7.27. The maximum Gasteiger partial charge on any atom is 0.138 e. The quantitative estimate of drug-likeness (QED) is 0.245. The summed E-state index contributed by atoms with van der Waals surface area (Å²) in [6, 6.07) is 14.0. The zero-order valence-corrected chi connectivity index (χ0v) is 21.6. The fourth-order valence-corrected chi connectivity index (χ4v) is 5.32. The highest BCUT2D eigenvalue weighted by Gasteiger charge is 2.17. The van der Waals surface area contributed by atoms with Crippen LogP contribution in [-0.4, -0.2) is 66.4 Å². The molecule has 3 N–H and O–H groups in total. The Morgan fingerprint density at radius 2 is 1.90 bits per heavy atom. The van der Waals surface area contributed by atoms with Gasteiger partial charge in [0.15, 0.2) is 0 Å². The van der Waals surface area contributed by atoms with Crippen molar-refractivity contribution in [1.29, 1.82) is 0 Å². The van der Waals surface area contributed by atoms with E-state index in [2.05, 4.69) is 30.0 Å². The largest absolute Gasteiger partial charge is 0.506 e. The minimum atomic E-state index is -0.356. The van der Waals surface area contributed by atoms with Gasteiger partial charge in [-0.1, -0.05) is 0 Å². The molecule has 0 saturated carbocycles. The maximum absolute atomic E-state index is 14.7. The number of aromatic amines is 2. The number of benzene rings is 1. The van der Waals surface area contributed by atoms with Crippen LogP contribution in [0.25, 0.3) is 55.8 Å². The summed E-state index contributed by atoms with van der Waals surface area (Å²) < 4.78 is 20.6. The summed E-state index contributed by atoms with van der Waals surface area (Å²) in [6.45, 7) is 3.54. The van der Waals surface area contributed by atoms with Crippen LogP contribution in [0.3, 0.4) is 0 Å². The van der Waals surface area contributed by atoms with E-state index in [0.717, 1.165) is 41.8 Å². The molecule has 10 heteroatoms. The number of halogens is 1. The number of ether oxygens (including phenoxy) is 1. The smallest absolute Gasteiger partial charge is 0.138 e. The van der Waals surface area contributed by atoms with Crippen molar-refractivity contribution in [1.82, 2.24) is 35.0 Å². The summed E-state index contributed by atoms with van der Waals surface area (Å²) in [6.07, 6.45) is 7.17. The van der Waals surface area contributed by atoms with Gasteiger partial charge in [-0.05, 0) is 79.5 Å². The lowest BCUT2D eigenvalue weighted by Crippen LogP contribution is -2.25. The average molecular weight is 536 g/mol. The van der Waals surface area contributed by atoms with E-state index in [1.807, 2.05) is 30.3 Å². The van der Waals surface area contributed by atoms with E-state index >= 15 is 0 Å². The topological polar surface area (TPSA) is 116 Å². The lowest BCUT2D eigenvalue weighted by atomic mass is 10.0. The van der Waals surface area contributed by atoms with Gasteiger partial charge in [0.2, 0.25) is 0 Å². The van der Waals surface area contributed by atoms with Crippen molar-refractivity contribution in [2.75, 3.05) is 26.2 Å². The number of fused-ring (bicyclic) bond motifs is 2. The summed E-state index contributed by atoms with van der Waals surface area (Å²) in [5, 5.41) is 18.2. The maximum atomic E-state index is 14.7. The van der Waals surface area contributed by atoms with Crippen molar-refractivity contribution in [3.8, 4) is 45.3 Å². The van der Waals surface area contributed by atoms with Crippen LogP contribution in [0.4, 0.5) is 4.39 Å². The molecule has 0 bridgehead atoms. The Bertz CT molecular complexity index is 1840. The molecule has 5 aromatic heterocycles. The van der Waals surface area contributed by atoms with Crippen LogP contribution in [0.5, 0.6) is 11.5 Å². The van der Waals surface area contributed by atoms with Gasteiger partial charge in [-0.25, -0.2) is 14.4 Å². The molecule has 0 radical (unpaired) electrons. The number of hydrogen-bond acceptors (Lipinski definition) is 7. The second-order valence-corrected chi connectivity index (χ2v) is 9.97. The molecule has 0 aliphatic carbocycles. The Morgan fingerprint density at radius 1 is 1.00 bits per heavy atom. The van der Waals surface area contributed by atoms with Gasteiger partial charge in [0.25, 0.3) is 0 Å². The van der Waals surface area contributed by atoms with Crippen LogP contribution in [-0.2, 0) is 0 Å². The van der Waals surface area contributed by atoms with Gasteiger partial charge in [-0.2, -0.15) is 5.10 Å². The van der Waals surface area contributed by atoms with Gasteiger partial charge < -0.3 is 14.8 Å². The molecule has 0 atom stereocenters. The second kappa shape index (κ2) is 10.0. The first-order valence-corrected chi connectivity index (χ1v) is 13.2. The highest BCUT2D eigenvalue weighted by Crippen LogP contribution is 2.35. The number of rotatable bonds is 7. The molecule has 1 aromatic carbocycles. The van der Waals surface area contributed by atoms with E-state index in [9.17, 15) is 9.50 Å². The van der Waals surface area contributed by atoms with Gasteiger partial charge in [0.05, 0.1) is 23.1 Å². The van der Waals surface area contributed by atoms with Gasteiger partial charge in [-0.3, -0.25) is 15.0 Å². The predicted molar refractivity (Wildman–Crippen MR) is 150 cm³/mol. The van der Waals surface area contributed by atoms with Crippen LogP contribution in [0.15, 0.2) is 67.1 Å². The van der Waals surface area contributed by atoms with E-state index in [-0.39, 0.29) is 11.6 Å². The fraction of sp³-hybridized carbons (Fsp3) is 0.200. The lowest BCUT2D eigenvalue weighted by Gasteiger charge is -2.15. The molecule has 200 valence electrons. The SMILES string of the molecule is Oc1cncc(-c2ccc3[nH]nc(-c4cc5c(-c6cc(F)cc(OCCN7CCCC7)c6)ccnc5[nH]4)c3n2)c1. The van der Waals surface area contributed by atoms with Crippen LogP contribution >= 0.6 is 0 Å². The van der Waals surface area contributed by atoms with E-state index in [1.54, 1.807) is 18.5 Å².